The Balaban J connectivity index is 1.61. The van der Waals surface area contributed by atoms with Crippen LogP contribution in [0.15, 0.2) is 40.9 Å². The number of amides is 1. The SMILES string of the molecule is Cc1ccc(S(=O)(=O)N2CCC3(C=C(C(=O)NCCN(C)C)NO3)CC2)cc1. The quantitative estimate of drug-likeness (QED) is 0.717. The molecule has 1 saturated heterocycles. The van der Waals surface area contributed by atoms with Crippen molar-refractivity contribution < 1.29 is 18.0 Å². The average molecular weight is 409 g/mol. The number of hydroxylamine groups is 1. The van der Waals surface area contributed by atoms with Gasteiger partial charge >= 0.3 is 0 Å². The van der Waals surface area contributed by atoms with Gasteiger partial charge in [0, 0.05) is 26.2 Å². The topological polar surface area (TPSA) is 91.0 Å². The predicted octanol–water partition coefficient (Wildman–Crippen LogP) is 0.615. The lowest BCUT2D eigenvalue weighted by Crippen LogP contribution is -2.46. The molecule has 1 aromatic carbocycles. The summed E-state index contributed by atoms with van der Waals surface area (Å²) in [4.78, 5) is 20.2. The lowest BCUT2D eigenvalue weighted by Gasteiger charge is -2.35. The van der Waals surface area contributed by atoms with E-state index in [4.69, 9.17) is 4.84 Å². The van der Waals surface area contributed by atoms with E-state index < -0.39 is 15.6 Å². The first-order chi connectivity index (χ1) is 13.2. The number of nitrogens with zero attached hydrogens (tertiary/aromatic N) is 2. The van der Waals surface area contributed by atoms with Crippen LogP contribution in [0.4, 0.5) is 0 Å². The normalized spacial score (nSPS) is 19.5. The molecule has 28 heavy (non-hydrogen) atoms. The second-order valence-corrected chi connectivity index (χ2v) is 9.54. The van der Waals surface area contributed by atoms with Crippen LogP contribution >= 0.6 is 0 Å². The third-order valence-corrected chi connectivity index (χ3v) is 7.00. The first-order valence-corrected chi connectivity index (χ1v) is 10.8. The van der Waals surface area contributed by atoms with Gasteiger partial charge in [-0.15, -0.1) is 0 Å². The van der Waals surface area contributed by atoms with Crippen molar-refractivity contribution in [1.82, 2.24) is 20.0 Å². The van der Waals surface area contributed by atoms with Gasteiger partial charge in [-0.25, -0.2) is 8.42 Å². The number of rotatable bonds is 6. The molecule has 9 heteroatoms. The van der Waals surface area contributed by atoms with E-state index in [2.05, 4.69) is 10.8 Å². The van der Waals surface area contributed by atoms with Crippen molar-refractivity contribution in [3.8, 4) is 0 Å². The molecule has 0 aromatic heterocycles. The molecule has 2 N–H and O–H groups in total. The predicted molar refractivity (Wildman–Crippen MR) is 106 cm³/mol. The fourth-order valence-electron chi connectivity index (χ4n) is 3.29. The Bertz CT molecular complexity index is 841. The van der Waals surface area contributed by atoms with Crippen molar-refractivity contribution in [2.45, 2.75) is 30.3 Å². The van der Waals surface area contributed by atoms with E-state index in [1.165, 1.54) is 4.31 Å². The van der Waals surface area contributed by atoms with Gasteiger partial charge in [0.25, 0.3) is 5.91 Å². The number of aryl methyl sites for hydroxylation is 1. The van der Waals surface area contributed by atoms with E-state index in [1.807, 2.05) is 25.9 Å². The molecule has 1 spiro atoms. The molecular formula is C19H28N4O4S. The maximum Gasteiger partial charge on any atom is 0.269 e. The van der Waals surface area contributed by atoms with E-state index in [9.17, 15) is 13.2 Å². The van der Waals surface area contributed by atoms with Crippen LogP contribution in [0.5, 0.6) is 0 Å². The van der Waals surface area contributed by atoms with E-state index in [-0.39, 0.29) is 5.91 Å². The summed E-state index contributed by atoms with van der Waals surface area (Å²) in [5, 5.41) is 2.84. The zero-order chi connectivity index (χ0) is 20.4. The van der Waals surface area contributed by atoms with Crippen LogP contribution in [0.1, 0.15) is 18.4 Å². The molecule has 154 valence electrons. The fraction of sp³-hybridized carbons (Fsp3) is 0.526. The fourth-order valence-corrected chi connectivity index (χ4v) is 4.73. The van der Waals surface area contributed by atoms with Gasteiger partial charge in [0.1, 0.15) is 11.3 Å². The minimum atomic E-state index is -3.52. The van der Waals surface area contributed by atoms with Gasteiger partial charge in [-0.2, -0.15) is 4.31 Å². The van der Waals surface area contributed by atoms with Crippen molar-refractivity contribution in [2.24, 2.45) is 0 Å². The van der Waals surface area contributed by atoms with E-state index in [1.54, 1.807) is 30.3 Å². The van der Waals surface area contributed by atoms with Gasteiger partial charge in [-0.3, -0.25) is 15.1 Å². The average Bonchev–Trinajstić information content (AvgIpc) is 3.06. The van der Waals surface area contributed by atoms with Crippen LogP contribution < -0.4 is 10.8 Å². The zero-order valence-electron chi connectivity index (χ0n) is 16.6. The number of sulfonamides is 1. The number of carbonyl (C=O) groups is 1. The summed E-state index contributed by atoms with van der Waals surface area (Å²) in [5.41, 5.74) is 3.47. The Morgan fingerprint density at radius 1 is 1.25 bits per heavy atom. The van der Waals surface area contributed by atoms with Crippen molar-refractivity contribution >= 4 is 15.9 Å². The smallest absolute Gasteiger partial charge is 0.269 e. The van der Waals surface area contributed by atoms with Crippen molar-refractivity contribution in [3.63, 3.8) is 0 Å². The molecule has 3 rings (SSSR count). The molecule has 1 fully saturated rings. The van der Waals surface area contributed by atoms with E-state index in [0.717, 1.165) is 12.1 Å². The third-order valence-electron chi connectivity index (χ3n) is 5.09. The zero-order valence-corrected chi connectivity index (χ0v) is 17.4. The monoisotopic (exact) mass is 408 g/mol. The highest BCUT2D eigenvalue weighted by Crippen LogP contribution is 2.33. The molecule has 2 aliphatic heterocycles. The maximum atomic E-state index is 12.8. The van der Waals surface area contributed by atoms with Gasteiger partial charge in [-0.1, -0.05) is 17.7 Å². The van der Waals surface area contributed by atoms with Gasteiger partial charge in [-0.05, 0) is 52.1 Å². The summed E-state index contributed by atoms with van der Waals surface area (Å²) in [6.45, 7) is 3.89. The summed E-state index contributed by atoms with van der Waals surface area (Å²) in [7, 11) is 0.358. The Labute approximate surface area is 166 Å². The molecule has 0 radical (unpaired) electrons. The lowest BCUT2D eigenvalue weighted by molar-refractivity contribution is -0.120. The number of hydrogen-bond acceptors (Lipinski definition) is 6. The number of benzene rings is 1. The molecule has 8 nitrogen and oxygen atoms in total. The van der Waals surface area contributed by atoms with Crippen LogP contribution in [0.3, 0.4) is 0 Å². The molecule has 0 atom stereocenters. The summed E-state index contributed by atoms with van der Waals surface area (Å²) < 4.78 is 27.1. The van der Waals surface area contributed by atoms with Gasteiger partial charge in [0.05, 0.1) is 4.90 Å². The number of piperidine rings is 1. The first-order valence-electron chi connectivity index (χ1n) is 9.38. The number of likely N-dealkylation sites (N-methyl/N-ethyl adjacent to an activating group) is 1. The van der Waals surface area contributed by atoms with E-state index in [0.29, 0.717) is 43.1 Å². The second kappa shape index (κ2) is 8.20. The first kappa shape index (κ1) is 20.8. The molecular weight excluding hydrogens is 380 g/mol. The molecule has 2 heterocycles. The maximum absolute atomic E-state index is 12.8. The molecule has 0 bridgehead atoms. The van der Waals surface area contributed by atoms with Crippen LogP contribution in [-0.2, 0) is 19.7 Å². The number of hydrogen-bond donors (Lipinski definition) is 2. The van der Waals surface area contributed by atoms with Crippen LogP contribution in [0.25, 0.3) is 0 Å². The van der Waals surface area contributed by atoms with Crippen LogP contribution in [0, 0.1) is 6.92 Å². The molecule has 1 aromatic rings. The van der Waals surface area contributed by atoms with Gasteiger partial charge < -0.3 is 10.2 Å². The lowest BCUT2D eigenvalue weighted by atomic mass is 9.92. The molecule has 2 aliphatic rings. The van der Waals surface area contributed by atoms with Gasteiger partial charge in [0.2, 0.25) is 10.0 Å². The van der Waals surface area contributed by atoms with Crippen molar-refractivity contribution in [1.29, 1.82) is 0 Å². The second-order valence-electron chi connectivity index (χ2n) is 7.60. The highest BCUT2D eigenvalue weighted by molar-refractivity contribution is 7.89. The van der Waals surface area contributed by atoms with E-state index >= 15 is 0 Å². The molecule has 0 aliphatic carbocycles. The summed E-state index contributed by atoms with van der Waals surface area (Å²) >= 11 is 0. The Kier molecular flexibility index (Phi) is 6.09. The highest BCUT2D eigenvalue weighted by Gasteiger charge is 2.42. The summed E-state index contributed by atoms with van der Waals surface area (Å²) in [5.74, 6) is -0.214. The summed E-state index contributed by atoms with van der Waals surface area (Å²) in [6, 6.07) is 6.87. The third kappa shape index (κ3) is 4.54. The molecule has 1 amide bonds. The van der Waals surface area contributed by atoms with Crippen LogP contribution in [-0.4, -0.2) is 69.4 Å². The molecule has 0 unspecified atom stereocenters. The van der Waals surface area contributed by atoms with Crippen LogP contribution in [0.2, 0.25) is 0 Å². The summed E-state index contributed by atoms with van der Waals surface area (Å²) in [6.07, 6.45) is 2.76. The highest BCUT2D eigenvalue weighted by atomic mass is 32.2. The Morgan fingerprint density at radius 3 is 2.50 bits per heavy atom. The number of nitrogens with one attached hydrogen (secondary N) is 2. The Hall–Kier alpha value is -1.94. The van der Waals surface area contributed by atoms with Gasteiger partial charge in [0.15, 0.2) is 0 Å². The number of carbonyl (C=O) groups excluding carboxylic acids is 1. The minimum Gasteiger partial charge on any atom is -0.349 e. The molecule has 0 saturated carbocycles. The van der Waals surface area contributed by atoms with Crippen molar-refractivity contribution in [3.05, 3.63) is 41.6 Å². The largest absolute Gasteiger partial charge is 0.349 e. The standard InChI is InChI=1S/C19H28N4O4S/c1-15-4-6-16(7-5-15)28(25,26)23-11-8-19(9-12-23)14-17(21-27-19)18(24)20-10-13-22(2)3/h4-7,14,21H,8-13H2,1-3H3,(H,20,24). The minimum absolute atomic E-state index is 0.214. The Morgan fingerprint density at radius 2 is 1.89 bits per heavy atom. The van der Waals surface area contributed by atoms with Crippen molar-refractivity contribution in [2.75, 3.05) is 40.3 Å².